The minimum absolute atomic E-state index is 0.0251. The quantitative estimate of drug-likeness (QED) is 0.677. The van der Waals surface area contributed by atoms with Crippen LogP contribution < -0.4 is 0 Å². The molecule has 162 valence electrons. The summed E-state index contributed by atoms with van der Waals surface area (Å²) in [5.74, 6) is 0.338. The maximum Gasteiger partial charge on any atom is 0.225 e. The molecule has 0 saturated carbocycles. The van der Waals surface area contributed by atoms with Gasteiger partial charge in [0.2, 0.25) is 15.9 Å². The minimum Gasteiger partial charge on any atom is -0.341 e. The van der Waals surface area contributed by atoms with Crippen molar-refractivity contribution in [1.82, 2.24) is 14.1 Å². The largest absolute Gasteiger partial charge is 0.341 e. The Labute approximate surface area is 175 Å². The van der Waals surface area contributed by atoms with Gasteiger partial charge in [0.25, 0.3) is 0 Å². The summed E-state index contributed by atoms with van der Waals surface area (Å²) in [5, 5.41) is 0. The molecule has 6 nitrogen and oxygen atoms in total. The molecule has 2 saturated heterocycles. The Morgan fingerprint density at radius 3 is 2.41 bits per heavy atom. The molecule has 2 fully saturated rings. The molecule has 0 aliphatic carbocycles. The van der Waals surface area contributed by atoms with Crippen LogP contribution >= 0.6 is 0 Å². The van der Waals surface area contributed by atoms with Gasteiger partial charge in [0, 0.05) is 38.6 Å². The molecule has 2 aliphatic heterocycles. The predicted octanol–water partition coefficient (Wildman–Crippen LogP) is 2.22. The van der Waals surface area contributed by atoms with Gasteiger partial charge in [0.1, 0.15) is 0 Å². The molecule has 7 heteroatoms. The van der Waals surface area contributed by atoms with Gasteiger partial charge < -0.3 is 9.80 Å². The van der Waals surface area contributed by atoms with Crippen molar-refractivity contribution in [3.63, 3.8) is 0 Å². The lowest BCUT2D eigenvalue weighted by Crippen LogP contribution is -2.45. The van der Waals surface area contributed by atoms with Crippen LogP contribution in [0.5, 0.6) is 0 Å². The summed E-state index contributed by atoms with van der Waals surface area (Å²) in [4.78, 5) is 17.5. The summed E-state index contributed by atoms with van der Waals surface area (Å²) < 4.78 is 25.6. The maximum absolute atomic E-state index is 13.0. The number of benzene rings is 1. The Hall–Kier alpha value is -1.44. The lowest BCUT2D eigenvalue weighted by molar-refractivity contribution is -0.136. The highest BCUT2D eigenvalue weighted by Gasteiger charge is 2.32. The van der Waals surface area contributed by atoms with Gasteiger partial charge in [-0.3, -0.25) is 4.79 Å². The van der Waals surface area contributed by atoms with Crippen molar-refractivity contribution in [2.24, 2.45) is 5.92 Å². The van der Waals surface area contributed by atoms with Crippen LogP contribution in [0.15, 0.2) is 30.3 Å². The van der Waals surface area contributed by atoms with E-state index in [4.69, 9.17) is 0 Å². The number of carbonyl (C=O) groups excluding carboxylic acids is 1. The number of sulfonamides is 1. The smallest absolute Gasteiger partial charge is 0.225 e. The van der Waals surface area contributed by atoms with E-state index in [1.54, 1.807) is 11.2 Å². The molecule has 2 heterocycles. The summed E-state index contributed by atoms with van der Waals surface area (Å²) in [6, 6.07) is 10.6. The second-order valence-corrected chi connectivity index (χ2v) is 10.4. The van der Waals surface area contributed by atoms with Gasteiger partial charge in [0.15, 0.2) is 0 Å². The predicted molar refractivity (Wildman–Crippen MR) is 116 cm³/mol. The number of piperidine rings is 1. The lowest BCUT2D eigenvalue weighted by atomic mass is 9.96. The van der Waals surface area contributed by atoms with Gasteiger partial charge in [-0.1, -0.05) is 30.3 Å². The van der Waals surface area contributed by atoms with E-state index >= 15 is 0 Å². The highest BCUT2D eigenvalue weighted by Crippen LogP contribution is 2.22. The average molecular weight is 422 g/mol. The minimum atomic E-state index is -3.14. The third kappa shape index (κ3) is 6.27. The Bertz CT molecular complexity index is 746. The van der Waals surface area contributed by atoms with Crippen LogP contribution in [-0.4, -0.2) is 80.0 Å². The van der Waals surface area contributed by atoms with Gasteiger partial charge in [-0.25, -0.2) is 12.7 Å². The van der Waals surface area contributed by atoms with Crippen molar-refractivity contribution in [1.29, 1.82) is 0 Å². The number of nitrogens with zero attached hydrogens (tertiary/aromatic N) is 3. The van der Waals surface area contributed by atoms with Crippen LogP contribution in [0.1, 0.15) is 38.2 Å². The van der Waals surface area contributed by atoms with Crippen LogP contribution in [0.3, 0.4) is 0 Å². The van der Waals surface area contributed by atoms with Crippen LogP contribution in [0.2, 0.25) is 0 Å². The second kappa shape index (κ2) is 10.5. The Morgan fingerprint density at radius 1 is 1.00 bits per heavy atom. The van der Waals surface area contributed by atoms with E-state index in [0.29, 0.717) is 25.9 Å². The molecule has 0 N–H and O–H groups in total. The molecular formula is C22H35N3O3S. The van der Waals surface area contributed by atoms with E-state index in [-0.39, 0.29) is 17.6 Å². The zero-order chi connectivity index (χ0) is 20.7. The molecule has 0 unspecified atom stereocenters. The first-order chi connectivity index (χ1) is 14.0. The van der Waals surface area contributed by atoms with Gasteiger partial charge >= 0.3 is 0 Å². The zero-order valence-electron chi connectivity index (χ0n) is 17.6. The molecule has 1 aromatic carbocycles. The number of hydrogen-bond donors (Lipinski definition) is 0. The second-order valence-electron chi connectivity index (χ2n) is 8.18. The fraction of sp³-hybridized carbons (Fsp3) is 0.682. The molecule has 0 aromatic heterocycles. The summed E-state index contributed by atoms with van der Waals surface area (Å²) in [6.07, 6.45) is 4.55. The fourth-order valence-corrected chi connectivity index (χ4v) is 5.52. The fourth-order valence-electron chi connectivity index (χ4n) is 4.39. The third-order valence-electron chi connectivity index (χ3n) is 6.24. The first-order valence-electron chi connectivity index (χ1n) is 11.0. The van der Waals surface area contributed by atoms with Crippen molar-refractivity contribution in [2.45, 2.75) is 39.0 Å². The van der Waals surface area contributed by atoms with Crippen LogP contribution in [0.4, 0.5) is 0 Å². The monoisotopic (exact) mass is 421 g/mol. The van der Waals surface area contributed by atoms with Crippen LogP contribution in [0, 0.1) is 5.92 Å². The first-order valence-corrected chi connectivity index (χ1v) is 12.6. The molecule has 2 aliphatic rings. The Morgan fingerprint density at radius 2 is 1.72 bits per heavy atom. The van der Waals surface area contributed by atoms with E-state index in [0.717, 1.165) is 52.0 Å². The standard InChI is InChI=1S/C22H35N3O3S/c1-2-29(27,28)25-16-11-21(12-17-25)22(26)24-15-7-14-23(18-19-24)13-6-10-20-8-4-3-5-9-20/h3-5,8-9,21H,2,6-7,10-19H2,1H3. The van der Waals surface area contributed by atoms with E-state index in [1.807, 2.05) is 4.90 Å². The van der Waals surface area contributed by atoms with Gasteiger partial charge in [-0.2, -0.15) is 0 Å². The highest BCUT2D eigenvalue weighted by atomic mass is 32.2. The van der Waals surface area contributed by atoms with E-state index in [9.17, 15) is 13.2 Å². The molecule has 0 atom stereocenters. The first kappa shape index (κ1) is 22.2. The van der Waals surface area contributed by atoms with Gasteiger partial charge in [-0.05, 0) is 57.7 Å². The molecular weight excluding hydrogens is 386 g/mol. The number of rotatable bonds is 7. The van der Waals surface area contributed by atoms with E-state index in [2.05, 4.69) is 35.2 Å². The van der Waals surface area contributed by atoms with Crippen LogP contribution in [0.25, 0.3) is 0 Å². The molecule has 0 bridgehead atoms. The summed E-state index contributed by atoms with van der Waals surface area (Å²) in [7, 11) is -3.14. The van der Waals surface area contributed by atoms with Crippen molar-refractivity contribution in [3.05, 3.63) is 35.9 Å². The van der Waals surface area contributed by atoms with Crippen LogP contribution in [-0.2, 0) is 21.2 Å². The molecule has 1 amide bonds. The summed E-state index contributed by atoms with van der Waals surface area (Å²) in [6.45, 7) is 7.30. The number of aryl methyl sites for hydroxylation is 1. The average Bonchev–Trinajstić information content (AvgIpc) is 3.00. The highest BCUT2D eigenvalue weighted by molar-refractivity contribution is 7.89. The molecule has 3 rings (SSSR count). The number of carbonyl (C=O) groups is 1. The van der Waals surface area contributed by atoms with E-state index in [1.165, 1.54) is 5.56 Å². The van der Waals surface area contributed by atoms with Crippen molar-refractivity contribution in [2.75, 3.05) is 51.6 Å². The van der Waals surface area contributed by atoms with Gasteiger partial charge in [0.05, 0.1) is 5.75 Å². The SMILES string of the molecule is CCS(=O)(=O)N1CCC(C(=O)N2CCCN(CCCc3ccccc3)CC2)CC1. The van der Waals surface area contributed by atoms with E-state index < -0.39 is 10.0 Å². The maximum atomic E-state index is 13.0. The number of hydrogen-bond acceptors (Lipinski definition) is 4. The summed E-state index contributed by atoms with van der Waals surface area (Å²) >= 11 is 0. The van der Waals surface area contributed by atoms with Crippen molar-refractivity contribution < 1.29 is 13.2 Å². The normalized spacial score (nSPS) is 20.5. The molecule has 0 radical (unpaired) electrons. The topological polar surface area (TPSA) is 60.9 Å². The van der Waals surface area contributed by atoms with Crippen molar-refractivity contribution in [3.8, 4) is 0 Å². The molecule has 1 aromatic rings. The molecule has 0 spiro atoms. The summed E-state index contributed by atoms with van der Waals surface area (Å²) in [5.41, 5.74) is 1.38. The molecule has 29 heavy (non-hydrogen) atoms. The zero-order valence-corrected chi connectivity index (χ0v) is 18.4. The van der Waals surface area contributed by atoms with Crippen molar-refractivity contribution >= 4 is 15.9 Å². The Balaban J connectivity index is 1.41. The lowest BCUT2D eigenvalue weighted by Gasteiger charge is -2.33. The third-order valence-corrected chi connectivity index (χ3v) is 8.13. The number of amides is 1. The van der Waals surface area contributed by atoms with Gasteiger partial charge in [-0.15, -0.1) is 0 Å². The Kier molecular flexibility index (Phi) is 8.09.